The third kappa shape index (κ3) is 1.75. The molecule has 13 heavy (non-hydrogen) atoms. The first-order valence-corrected chi connectivity index (χ1v) is 4.00. The number of halogens is 1. The SMILES string of the molecule is [2H]c1nc(-n2nc([2H])c(C([2H])([2H])[2H])c2[2H])nc([2H])c1Br. The molecule has 0 atom stereocenters. The summed E-state index contributed by atoms with van der Waals surface area (Å²) in [5.41, 5.74) is -0.526. The summed E-state index contributed by atoms with van der Waals surface area (Å²) in [6.07, 6.45) is -1.73. The molecule has 2 aromatic rings. The predicted molar refractivity (Wildman–Crippen MR) is 51.6 cm³/mol. The fraction of sp³-hybridized carbons (Fsp3) is 0.125. The second-order valence-electron chi connectivity index (χ2n) is 2.07. The summed E-state index contributed by atoms with van der Waals surface area (Å²) < 4.78 is 52.9. The Morgan fingerprint density at radius 1 is 1.46 bits per heavy atom. The summed E-state index contributed by atoms with van der Waals surface area (Å²) >= 11 is 2.95. The normalized spacial score (nSPS) is 19.0. The summed E-state index contributed by atoms with van der Waals surface area (Å²) in [5.74, 6) is -0.294. The van der Waals surface area contributed by atoms with Gasteiger partial charge < -0.3 is 0 Å². The zero-order valence-corrected chi connectivity index (χ0v) is 7.75. The zero-order valence-electron chi connectivity index (χ0n) is 13.2. The molecule has 2 rings (SSSR count). The lowest BCUT2D eigenvalue weighted by Gasteiger charge is -1.97. The van der Waals surface area contributed by atoms with Gasteiger partial charge in [-0.15, -0.1) is 0 Å². The van der Waals surface area contributed by atoms with E-state index < -0.39 is 24.8 Å². The van der Waals surface area contributed by atoms with Gasteiger partial charge in [0.2, 0.25) is 0 Å². The zero-order chi connectivity index (χ0) is 15.2. The Labute approximate surface area is 93.6 Å². The Balaban J connectivity index is 2.66. The van der Waals surface area contributed by atoms with E-state index in [0.29, 0.717) is 0 Å². The van der Waals surface area contributed by atoms with Crippen molar-refractivity contribution >= 4 is 15.9 Å². The van der Waals surface area contributed by atoms with Crippen LogP contribution in [0, 0.1) is 6.85 Å². The first-order valence-electron chi connectivity index (χ1n) is 6.70. The minimum atomic E-state index is -2.66. The van der Waals surface area contributed by atoms with E-state index in [-0.39, 0.29) is 22.8 Å². The molecule has 0 saturated heterocycles. The largest absolute Gasteiger partial charge is 0.250 e. The van der Waals surface area contributed by atoms with Gasteiger partial charge in [-0.1, -0.05) is 0 Å². The van der Waals surface area contributed by atoms with Gasteiger partial charge in [0.1, 0.15) is 0 Å². The number of rotatable bonds is 1. The molecule has 0 aromatic carbocycles. The summed E-state index contributed by atoms with van der Waals surface area (Å²) in [7, 11) is 0. The highest BCUT2D eigenvalue weighted by Crippen LogP contribution is 2.07. The van der Waals surface area contributed by atoms with Gasteiger partial charge in [0.25, 0.3) is 5.95 Å². The second-order valence-corrected chi connectivity index (χ2v) is 2.86. The highest BCUT2D eigenvalue weighted by molar-refractivity contribution is 9.10. The summed E-state index contributed by atoms with van der Waals surface area (Å²) in [5, 5.41) is 3.59. The van der Waals surface area contributed by atoms with E-state index in [0.717, 1.165) is 4.68 Å². The molecule has 0 radical (unpaired) electrons. The molecule has 0 amide bonds. The summed E-state index contributed by atoms with van der Waals surface area (Å²) in [6.45, 7) is -2.66. The highest BCUT2D eigenvalue weighted by atomic mass is 79.9. The lowest BCUT2D eigenvalue weighted by molar-refractivity contribution is 0.806. The van der Waals surface area contributed by atoms with Crippen molar-refractivity contribution in [1.82, 2.24) is 19.7 Å². The van der Waals surface area contributed by atoms with Crippen molar-refractivity contribution in [3.05, 3.63) is 34.7 Å². The lowest BCUT2D eigenvalue weighted by atomic mass is 10.4. The van der Waals surface area contributed by atoms with Crippen LogP contribution in [0.2, 0.25) is 0 Å². The molecule has 0 aliphatic rings. The van der Waals surface area contributed by atoms with Gasteiger partial charge in [-0.25, -0.2) is 14.6 Å². The molecule has 0 aliphatic heterocycles. The molecule has 0 spiro atoms. The van der Waals surface area contributed by atoms with Crippen molar-refractivity contribution in [3.63, 3.8) is 0 Å². The minimum absolute atomic E-state index is 0.0714. The maximum absolute atomic E-state index is 7.76. The van der Waals surface area contributed by atoms with Crippen LogP contribution in [0.25, 0.3) is 5.95 Å². The van der Waals surface area contributed by atoms with Gasteiger partial charge in [-0.3, -0.25) is 0 Å². The smallest absolute Gasteiger partial charge is 0.218 e. The van der Waals surface area contributed by atoms with E-state index in [1.165, 1.54) is 0 Å². The molecule has 0 saturated carbocycles. The van der Waals surface area contributed by atoms with Crippen LogP contribution in [0.15, 0.2) is 29.2 Å². The molecular formula is C8H7BrN4. The molecule has 66 valence electrons. The Bertz CT molecular complexity index is 657. The van der Waals surface area contributed by atoms with Crippen LogP contribution in [-0.2, 0) is 0 Å². The van der Waals surface area contributed by atoms with E-state index in [9.17, 15) is 0 Å². The van der Waals surface area contributed by atoms with E-state index in [1.807, 2.05) is 0 Å². The lowest BCUT2D eigenvalue weighted by Crippen LogP contribution is -2.00. The molecule has 0 N–H and O–H groups in total. The maximum Gasteiger partial charge on any atom is 0.250 e. The average molecular weight is 246 g/mol. The number of hydrogen-bond donors (Lipinski definition) is 0. The number of hydrogen-bond acceptors (Lipinski definition) is 3. The van der Waals surface area contributed by atoms with Crippen molar-refractivity contribution in [1.29, 1.82) is 0 Å². The molecule has 0 aliphatic carbocycles. The first kappa shape index (κ1) is 3.49. The van der Waals surface area contributed by atoms with E-state index in [1.54, 1.807) is 0 Å². The Hall–Kier alpha value is -1.23. The quantitative estimate of drug-likeness (QED) is 0.769. The third-order valence-corrected chi connectivity index (χ3v) is 1.53. The van der Waals surface area contributed by atoms with Crippen LogP contribution >= 0.6 is 15.9 Å². The van der Waals surface area contributed by atoms with E-state index in [4.69, 9.17) is 9.60 Å². The summed E-state index contributed by atoms with van der Waals surface area (Å²) in [6, 6.07) is 0. The molecule has 2 heterocycles. The minimum Gasteiger partial charge on any atom is -0.218 e. The Morgan fingerprint density at radius 3 is 2.85 bits per heavy atom. The van der Waals surface area contributed by atoms with Crippen LogP contribution in [0.3, 0.4) is 0 Å². The van der Waals surface area contributed by atoms with Gasteiger partial charge in [0.15, 0.2) is 0 Å². The van der Waals surface area contributed by atoms with Gasteiger partial charge >= 0.3 is 0 Å². The molecule has 0 fully saturated rings. The molecule has 5 heteroatoms. The predicted octanol–water partition coefficient (Wildman–Crippen LogP) is 1.73. The number of aromatic nitrogens is 4. The van der Waals surface area contributed by atoms with Crippen LogP contribution in [0.1, 0.15) is 15.2 Å². The Morgan fingerprint density at radius 2 is 2.23 bits per heavy atom. The molecule has 0 bridgehead atoms. The molecule has 2 aromatic heterocycles. The number of nitrogens with zero attached hydrogens (tertiary/aromatic N) is 4. The first-order chi connectivity index (χ1) is 9.12. The third-order valence-electron chi connectivity index (χ3n) is 1.18. The van der Waals surface area contributed by atoms with Crippen molar-refractivity contribution in [2.45, 2.75) is 6.85 Å². The Kier molecular flexibility index (Phi) is 0.875. The van der Waals surface area contributed by atoms with Crippen LogP contribution in [0.4, 0.5) is 0 Å². The van der Waals surface area contributed by atoms with Crippen molar-refractivity contribution in [2.75, 3.05) is 0 Å². The maximum atomic E-state index is 7.76. The van der Waals surface area contributed by atoms with E-state index >= 15 is 0 Å². The van der Waals surface area contributed by atoms with Gasteiger partial charge in [0, 0.05) is 22.6 Å². The monoisotopic (exact) mass is 245 g/mol. The second kappa shape index (κ2) is 3.26. The van der Waals surface area contributed by atoms with Crippen molar-refractivity contribution < 1.29 is 9.60 Å². The van der Waals surface area contributed by atoms with Gasteiger partial charge in [-0.2, -0.15) is 5.10 Å². The molecular weight excluding hydrogens is 232 g/mol. The van der Waals surface area contributed by atoms with Crippen LogP contribution < -0.4 is 0 Å². The van der Waals surface area contributed by atoms with Gasteiger partial charge in [-0.05, 0) is 28.3 Å². The molecule has 0 unspecified atom stereocenters. The fourth-order valence-corrected chi connectivity index (χ4v) is 0.871. The van der Waals surface area contributed by atoms with Crippen molar-refractivity contribution in [3.8, 4) is 5.95 Å². The summed E-state index contributed by atoms with van der Waals surface area (Å²) in [4.78, 5) is 7.41. The van der Waals surface area contributed by atoms with Crippen molar-refractivity contribution in [2.24, 2.45) is 0 Å². The van der Waals surface area contributed by atoms with Crippen LogP contribution in [-0.4, -0.2) is 19.7 Å². The highest BCUT2D eigenvalue weighted by Gasteiger charge is 1.99. The fourth-order valence-electron chi connectivity index (χ4n) is 0.694. The standard InChI is InChI=1S/C8H7BrN4/c1-6-2-12-13(5-6)8-10-3-7(9)4-11-8/h2-5H,1H3/i1D3,2D,3D,4D,5D. The topological polar surface area (TPSA) is 43.6 Å². The van der Waals surface area contributed by atoms with Crippen LogP contribution in [0.5, 0.6) is 0 Å². The average Bonchev–Trinajstić information content (AvgIpc) is 2.60. The molecule has 4 nitrogen and oxygen atoms in total. The van der Waals surface area contributed by atoms with Gasteiger partial charge in [0.05, 0.1) is 16.1 Å². The van der Waals surface area contributed by atoms with E-state index in [2.05, 4.69) is 31.0 Å².